The third-order valence-corrected chi connectivity index (χ3v) is 5.37. The second kappa shape index (κ2) is 7.81. The highest BCUT2D eigenvalue weighted by molar-refractivity contribution is 7.99. The van der Waals surface area contributed by atoms with Gasteiger partial charge in [0.25, 0.3) is 0 Å². The average molecular weight is 343 g/mol. The summed E-state index contributed by atoms with van der Waals surface area (Å²) in [5.74, 6) is 0.919. The topological polar surface area (TPSA) is 64.5 Å². The maximum atomic E-state index is 5.93. The van der Waals surface area contributed by atoms with Gasteiger partial charge in [0.2, 0.25) is 0 Å². The fraction of sp³-hybridized carbons (Fsp3) is 0.368. The average Bonchev–Trinajstić information content (AvgIpc) is 3.12. The van der Waals surface area contributed by atoms with E-state index in [-0.39, 0.29) is 0 Å². The van der Waals surface area contributed by atoms with E-state index < -0.39 is 0 Å². The van der Waals surface area contributed by atoms with Gasteiger partial charge in [0.15, 0.2) is 0 Å². The van der Waals surface area contributed by atoms with Gasteiger partial charge in [0, 0.05) is 15.8 Å². The van der Waals surface area contributed by atoms with E-state index in [9.17, 15) is 0 Å². The van der Waals surface area contributed by atoms with Crippen LogP contribution in [0.15, 0.2) is 52.3 Å². The van der Waals surface area contributed by atoms with Crippen LogP contribution in [-0.2, 0) is 0 Å². The summed E-state index contributed by atoms with van der Waals surface area (Å²) in [5, 5.41) is 0. The van der Waals surface area contributed by atoms with Crippen molar-refractivity contribution in [1.82, 2.24) is 4.90 Å². The summed E-state index contributed by atoms with van der Waals surface area (Å²) in [5.41, 5.74) is 12.8. The number of nitrogens with two attached hydrogens (primary N) is 2. The van der Waals surface area contributed by atoms with Gasteiger partial charge in [-0.3, -0.25) is 4.90 Å². The fourth-order valence-electron chi connectivity index (χ4n) is 2.86. The van der Waals surface area contributed by atoms with E-state index in [0.717, 1.165) is 22.1 Å². The van der Waals surface area contributed by atoms with Gasteiger partial charge in [-0.25, -0.2) is 0 Å². The zero-order valence-corrected chi connectivity index (χ0v) is 14.9. The highest BCUT2D eigenvalue weighted by Gasteiger charge is 2.18. The largest absolute Gasteiger partial charge is 0.492 e. The Kier molecular flexibility index (Phi) is 5.53. The van der Waals surface area contributed by atoms with Crippen LogP contribution in [0.25, 0.3) is 0 Å². The van der Waals surface area contributed by atoms with Crippen molar-refractivity contribution in [1.29, 1.82) is 0 Å². The van der Waals surface area contributed by atoms with Gasteiger partial charge in [-0.15, -0.1) is 0 Å². The van der Waals surface area contributed by atoms with Gasteiger partial charge >= 0.3 is 0 Å². The molecule has 2 aromatic carbocycles. The van der Waals surface area contributed by atoms with Crippen LogP contribution in [0, 0.1) is 0 Å². The molecule has 1 aliphatic rings. The fourth-order valence-corrected chi connectivity index (χ4v) is 3.73. The summed E-state index contributed by atoms with van der Waals surface area (Å²) in [4.78, 5) is 4.73. The molecule has 3 rings (SSSR count). The lowest BCUT2D eigenvalue weighted by Crippen LogP contribution is -2.34. The SMILES string of the molecule is CC(COc1ccc(Sc2ccc(N)c(N)c2)cc1)N1CCCC1. The molecular weight excluding hydrogens is 318 g/mol. The Morgan fingerprint density at radius 3 is 2.33 bits per heavy atom. The van der Waals surface area contributed by atoms with Crippen LogP contribution in [0.1, 0.15) is 19.8 Å². The van der Waals surface area contributed by atoms with E-state index >= 15 is 0 Å². The van der Waals surface area contributed by atoms with E-state index in [1.54, 1.807) is 11.8 Å². The molecule has 128 valence electrons. The van der Waals surface area contributed by atoms with Crippen LogP contribution in [0.4, 0.5) is 11.4 Å². The molecule has 0 aliphatic carbocycles. The van der Waals surface area contributed by atoms with Gasteiger partial charge in [0.1, 0.15) is 12.4 Å². The molecule has 4 nitrogen and oxygen atoms in total. The number of nitrogens with zero attached hydrogens (tertiary/aromatic N) is 1. The number of benzene rings is 2. The van der Waals surface area contributed by atoms with Gasteiger partial charge in [-0.1, -0.05) is 11.8 Å². The molecule has 0 spiro atoms. The van der Waals surface area contributed by atoms with E-state index in [4.69, 9.17) is 16.2 Å². The highest BCUT2D eigenvalue weighted by atomic mass is 32.2. The minimum absolute atomic E-state index is 0.472. The van der Waals surface area contributed by atoms with E-state index in [0.29, 0.717) is 17.4 Å². The van der Waals surface area contributed by atoms with E-state index in [2.05, 4.69) is 24.0 Å². The zero-order valence-electron chi connectivity index (χ0n) is 14.1. The van der Waals surface area contributed by atoms with Crippen molar-refractivity contribution in [2.45, 2.75) is 35.6 Å². The Labute approximate surface area is 148 Å². The molecular formula is C19H25N3OS. The molecule has 0 aromatic heterocycles. The van der Waals surface area contributed by atoms with Crippen molar-refractivity contribution < 1.29 is 4.74 Å². The molecule has 2 aromatic rings. The number of likely N-dealkylation sites (tertiary alicyclic amines) is 1. The third kappa shape index (κ3) is 4.36. The summed E-state index contributed by atoms with van der Waals surface area (Å²) >= 11 is 1.66. The van der Waals surface area contributed by atoms with Crippen LogP contribution in [-0.4, -0.2) is 30.6 Å². The van der Waals surface area contributed by atoms with Gasteiger partial charge in [-0.2, -0.15) is 0 Å². The molecule has 0 bridgehead atoms. The van der Waals surface area contributed by atoms with Crippen LogP contribution in [0.3, 0.4) is 0 Å². The monoisotopic (exact) mass is 343 g/mol. The molecule has 24 heavy (non-hydrogen) atoms. The predicted octanol–water partition coefficient (Wildman–Crippen LogP) is 3.87. The number of hydrogen-bond acceptors (Lipinski definition) is 5. The Morgan fingerprint density at radius 2 is 1.67 bits per heavy atom. The summed E-state index contributed by atoms with van der Waals surface area (Å²) in [6, 6.07) is 14.4. The van der Waals surface area contributed by atoms with Crippen LogP contribution in [0.2, 0.25) is 0 Å². The zero-order chi connectivity index (χ0) is 16.9. The first-order valence-corrected chi connectivity index (χ1v) is 9.23. The Bertz CT molecular complexity index is 669. The molecule has 0 amide bonds. The molecule has 4 N–H and O–H groups in total. The molecule has 5 heteroatoms. The molecule has 1 atom stereocenters. The number of rotatable bonds is 6. The summed E-state index contributed by atoms with van der Waals surface area (Å²) < 4.78 is 5.93. The van der Waals surface area contributed by atoms with Gasteiger partial charge in [0.05, 0.1) is 11.4 Å². The molecule has 1 fully saturated rings. The normalized spacial score (nSPS) is 16.2. The Hall–Kier alpha value is -1.85. The minimum Gasteiger partial charge on any atom is -0.492 e. The Morgan fingerprint density at radius 1 is 1.00 bits per heavy atom. The first kappa shape index (κ1) is 17.0. The lowest BCUT2D eigenvalue weighted by molar-refractivity contribution is 0.172. The van der Waals surface area contributed by atoms with Gasteiger partial charge < -0.3 is 16.2 Å². The van der Waals surface area contributed by atoms with Crippen molar-refractivity contribution in [2.24, 2.45) is 0 Å². The van der Waals surface area contributed by atoms with Crippen molar-refractivity contribution >= 4 is 23.1 Å². The molecule has 0 radical (unpaired) electrons. The smallest absolute Gasteiger partial charge is 0.119 e. The number of anilines is 2. The molecule has 1 saturated heterocycles. The standard InChI is InChI=1S/C19H25N3OS/c1-14(22-10-2-3-11-22)13-23-15-4-6-16(7-5-15)24-17-8-9-18(20)19(21)12-17/h4-9,12,14H,2-3,10-11,13,20-21H2,1H3. The summed E-state index contributed by atoms with van der Waals surface area (Å²) in [6.07, 6.45) is 2.62. The predicted molar refractivity (Wildman–Crippen MR) is 102 cm³/mol. The van der Waals surface area contributed by atoms with Crippen LogP contribution in [0.5, 0.6) is 5.75 Å². The van der Waals surface area contributed by atoms with Crippen molar-refractivity contribution in [3.63, 3.8) is 0 Å². The second-order valence-electron chi connectivity index (χ2n) is 6.27. The highest BCUT2D eigenvalue weighted by Crippen LogP contribution is 2.31. The maximum Gasteiger partial charge on any atom is 0.119 e. The van der Waals surface area contributed by atoms with E-state index in [1.807, 2.05) is 30.3 Å². The minimum atomic E-state index is 0.472. The Balaban J connectivity index is 1.53. The molecule has 1 aliphatic heterocycles. The number of nitrogen functional groups attached to an aromatic ring is 2. The van der Waals surface area contributed by atoms with Gasteiger partial charge in [-0.05, 0) is 75.3 Å². The van der Waals surface area contributed by atoms with Crippen LogP contribution >= 0.6 is 11.8 Å². The van der Waals surface area contributed by atoms with Crippen molar-refractivity contribution in [3.8, 4) is 5.75 Å². The van der Waals surface area contributed by atoms with Crippen molar-refractivity contribution in [2.75, 3.05) is 31.2 Å². The van der Waals surface area contributed by atoms with E-state index in [1.165, 1.54) is 25.9 Å². The molecule has 1 heterocycles. The second-order valence-corrected chi connectivity index (χ2v) is 7.41. The van der Waals surface area contributed by atoms with Crippen LogP contribution < -0.4 is 16.2 Å². The van der Waals surface area contributed by atoms with Crippen molar-refractivity contribution in [3.05, 3.63) is 42.5 Å². The molecule has 0 saturated carbocycles. The number of ether oxygens (including phenoxy) is 1. The quantitative estimate of drug-likeness (QED) is 0.780. The summed E-state index contributed by atoms with van der Waals surface area (Å²) in [7, 11) is 0. The third-order valence-electron chi connectivity index (χ3n) is 4.37. The maximum absolute atomic E-state index is 5.93. The lowest BCUT2D eigenvalue weighted by Gasteiger charge is -2.23. The number of hydrogen-bond donors (Lipinski definition) is 2. The lowest BCUT2D eigenvalue weighted by atomic mass is 10.3. The summed E-state index contributed by atoms with van der Waals surface area (Å²) in [6.45, 7) is 5.37. The first-order valence-electron chi connectivity index (χ1n) is 8.41. The molecule has 1 unspecified atom stereocenters. The first-order chi connectivity index (χ1) is 11.6.